The molecule has 1 unspecified atom stereocenters. The third-order valence-corrected chi connectivity index (χ3v) is 4.43. The maximum absolute atomic E-state index is 12.0. The van der Waals surface area contributed by atoms with Crippen molar-refractivity contribution in [1.29, 1.82) is 0 Å². The fourth-order valence-corrected chi connectivity index (χ4v) is 3.00. The number of aromatic nitrogens is 2. The van der Waals surface area contributed by atoms with Crippen LogP contribution in [0.25, 0.3) is 0 Å². The summed E-state index contributed by atoms with van der Waals surface area (Å²) in [6.07, 6.45) is 3.31. The van der Waals surface area contributed by atoms with Crippen molar-refractivity contribution in [2.45, 2.75) is 50.0 Å². The van der Waals surface area contributed by atoms with Gasteiger partial charge in [-0.05, 0) is 26.7 Å². The SMILES string of the molecule is CCn1cc(S(=O)(=O)NCCCC(C)Br)nc1C. The van der Waals surface area contributed by atoms with Crippen LogP contribution in [0.2, 0.25) is 0 Å². The van der Waals surface area contributed by atoms with E-state index >= 15 is 0 Å². The van der Waals surface area contributed by atoms with Crippen molar-refractivity contribution in [3.05, 3.63) is 12.0 Å². The van der Waals surface area contributed by atoms with Gasteiger partial charge in [-0.1, -0.05) is 22.9 Å². The molecule has 0 fully saturated rings. The number of alkyl halides is 1. The van der Waals surface area contributed by atoms with Crippen LogP contribution in [0.15, 0.2) is 11.2 Å². The Morgan fingerprint density at radius 3 is 2.72 bits per heavy atom. The van der Waals surface area contributed by atoms with Gasteiger partial charge < -0.3 is 4.57 Å². The Morgan fingerprint density at radius 1 is 1.56 bits per heavy atom. The van der Waals surface area contributed by atoms with E-state index in [-0.39, 0.29) is 5.03 Å². The first-order valence-corrected chi connectivity index (χ1v) is 8.44. The monoisotopic (exact) mass is 337 g/mol. The van der Waals surface area contributed by atoms with E-state index in [0.717, 1.165) is 19.4 Å². The topological polar surface area (TPSA) is 64.0 Å². The summed E-state index contributed by atoms with van der Waals surface area (Å²) in [6, 6.07) is 0. The Kier molecular flexibility index (Phi) is 5.81. The molecule has 1 N–H and O–H groups in total. The summed E-state index contributed by atoms with van der Waals surface area (Å²) in [7, 11) is -3.47. The van der Waals surface area contributed by atoms with Crippen LogP contribution in [0.4, 0.5) is 0 Å². The molecule has 7 heteroatoms. The highest BCUT2D eigenvalue weighted by Crippen LogP contribution is 2.10. The normalized spacial score (nSPS) is 13.8. The first kappa shape index (κ1) is 15.7. The molecular formula is C11H20BrN3O2S. The highest BCUT2D eigenvalue weighted by molar-refractivity contribution is 9.09. The Morgan fingerprint density at radius 2 is 2.22 bits per heavy atom. The van der Waals surface area contributed by atoms with Crippen molar-refractivity contribution in [1.82, 2.24) is 14.3 Å². The van der Waals surface area contributed by atoms with E-state index < -0.39 is 10.0 Å². The second-order valence-corrected chi connectivity index (χ2v) is 7.51. The molecule has 0 aliphatic carbocycles. The minimum atomic E-state index is -3.47. The third-order valence-electron chi connectivity index (χ3n) is 2.64. The summed E-state index contributed by atoms with van der Waals surface area (Å²) in [6.45, 7) is 6.96. The van der Waals surface area contributed by atoms with E-state index in [4.69, 9.17) is 0 Å². The number of sulfonamides is 1. The van der Waals surface area contributed by atoms with Gasteiger partial charge in [-0.2, -0.15) is 0 Å². The fraction of sp³-hybridized carbons (Fsp3) is 0.727. The molecule has 1 aromatic rings. The second-order valence-electron chi connectivity index (χ2n) is 4.23. The maximum atomic E-state index is 12.0. The maximum Gasteiger partial charge on any atom is 0.259 e. The average Bonchev–Trinajstić information content (AvgIpc) is 2.66. The Balaban J connectivity index is 2.62. The lowest BCUT2D eigenvalue weighted by atomic mass is 10.2. The summed E-state index contributed by atoms with van der Waals surface area (Å²) in [5.74, 6) is 0.715. The number of hydrogen-bond donors (Lipinski definition) is 1. The van der Waals surface area contributed by atoms with E-state index in [1.807, 2.05) is 18.4 Å². The quantitative estimate of drug-likeness (QED) is 0.611. The summed E-state index contributed by atoms with van der Waals surface area (Å²) >= 11 is 3.43. The van der Waals surface area contributed by atoms with Gasteiger partial charge in [-0.25, -0.2) is 18.1 Å². The smallest absolute Gasteiger partial charge is 0.259 e. The van der Waals surface area contributed by atoms with Crippen LogP contribution in [0.5, 0.6) is 0 Å². The molecule has 5 nitrogen and oxygen atoms in total. The highest BCUT2D eigenvalue weighted by atomic mass is 79.9. The van der Waals surface area contributed by atoms with Crippen LogP contribution in [0, 0.1) is 6.92 Å². The minimum Gasteiger partial charge on any atom is -0.334 e. The fourth-order valence-electron chi connectivity index (χ4n) is 1.59. The van der Waals surface area contributed by atoms with Gasteiger partial charge >= 0.3 is 0 Å². The molecule has 0 amide bonds. The molecule has 0 radical (unpaired) electrons. The van der Waals surface area contributed by atoms with Gasteiger partial charge in [0.1, 0.15) is 5.82 Å². The van der Waals surface area contributed by atoms with Crippen molar-refractivity contribution in [2.75, 3.05) is 6.54 Å². The molecule has 0 spiro atoms. The first-order valence-electron chi connectivity index (χ1n) is 6.04. The standard InChI is InChI=1S/C11H20BrN3O2S/c1-4-15-8-11(14-10(15)3)18(16,17)13-7-5-6-9(2)12/h8-9,13H,4-7H2,1-3H3. The van der Waals surface area contributed by atoms with E-state index in [0.29, 0.717) is 17.2 Å². The Bertz CT molecular complexity index is 482. The Labute approximate surface area is 117 Å². The lowest BCUT2D eigenvalue weighted by Crippen LogP contribution is -2.25. The molecule has 18 heavy (non-hydrogen) atoms. The predicted molar refractivity (Wildman–Crippen MR) is 75.4 cm³/mol. The molecule has 1 rings (SSSR count). The van der Waals surface area contributed by atoms with Crippen LogP contribution in [-0.2, 0) is 16.6 Å². The zero-order chi connectivity index (χ0) is 13.8. The molecule has 0 saturated carbocycles. The molecule has 0 aromatic carbocycles. The van der Waals surface area contributed by atoms with Crippen LogP contribution < -0.4 is 4.72 Å². The third kappa shape index (κ3) is 4.37. The van der Waals surface area contributed by atoms with Gasteiger partial charge in [-0.15, -0.1) is 0 Å². The highest BCUT2D eigenvalue weighted by Gasteiger charge is 2.18. The molecule has 1 heterocycles. The van der Waals surface area contributed by atoms with Crippen molar-refractivity contribution < 1.29 is 8.42 Å². The zero-order valence-corrected chi connectivity index (χ0v) is 13.4. The summed E-state index contributed by atoms with van der Waals surface area (Å²) < 4.78 is 28.3. The molecule has 0 bridgehead atoms. The van der Waals surface area contributed by atoms with Crippen molar-refractivity contribution in [2.24, 2.45) is 0 Å². The van der Waals surface area contributed by atoms with Gasteiger partial charge in [0.05, 0.1) is 0 Å². The van der Waals surface area contributed by atoms with Crippen LogP contribution in [0.3, 0.4) is 0 Å². The van der Waals surface area contributed by atoms with E-state index in [9.17, 15) is 8.42 Å². The van der Waals surface area contributed by atoms with Crippen molar-refractivity contribution in [3.8, 4) is 0 Å². The van der Waals surface area contributed by atoms with Crippen molar-refractivity contribution in [3.63, 3.8) is 0 Å². The molecule has 104 valence electrons. The first-order chi connectivity index (χ1) is 8.36. The number of rotatable bonds is 7. The van der Waals surface area contributed by atoms with Crippen LogP contribution in [-0.4, -0.2) is 29.3 Å². The van der Waals surface area contributed by atoms with Gasteiger partial charge in [0.2, 0.25) is 0 Å². The van der Waals surface area contributed by atoms with E-state index in [2.05, 4.69) is 25.6 Å². The number of nitrogens with zero attached hydrogens (tertiary/aromatic N) is 2. The van der Waals surface area contributed by atoms with Crippen LogP contribution in [0.1, 0.15) is 32.5 Å². The lowest BCUT2D eigenvalue weighted by Gasteiger charge is -2.05. The summed E-state index contributed by atoms with van der Waals surface area (Å²) in [5.41, 5.74) is 0. The second kappa shape index (κ2) is 6.68. The number of halogens is 1. The lowest BCUT2D eigenvalue weighted by molar-refractivity contribution is 0.573. The summed E-state index contributed by atoms with van der Waals surface area (Å²) in [5, 5.41) is 0.105. The average molecular weight is 338 g/mol. The van der Waals surface area contributed by atoms with E-state index in [1.54, 1.807) is 13.1 Å². The molecule has 0 aliphatic heterocycles. The molecule has 1 aromatic heterocycles. The molecule has 1 atom stereocenters. The largest absolute Gasteiger partial charge is 0.334 e. The molecular weight excluding hydrogens is 318 g/mol. The number of hydrogen-bond acceptors (Lipinski definition) is 3. The number of imidazole rings is 1. The number of nitrogens with one attached hydrogen (secondary N) is 1. The van der Waals surface area contributed by atoms with Gasteiger partial charge in [0, 0.05) is 24.1 Å². The Hall–Kier alpha value is -0.400. The summed E-state index contributed by atoms with van der Waals surface area (Å²) in [4.78, 5) is 4.48. The molecule has 0 saturated heterocycles. The predicted octanol–water partition coefficient (Wildman–Crippen LogP) is 2.05. The molecule has 0 aliphatic rings. The number of aryl methyl sites for hydroxylation is 2. The van der Waals surface area contributed by atoms with Gasteiger partial charge in [0.15, 0.2) is 5.03 Å². The zero-order valence-electron chi connectivity index (χ0n) is 11.0. The van der Waals surface area contributed by atoms with Gasteiger partial charge in [-0.3, -0.25) is 0 Å². The van der Waals surface area contributed by atoms with E-state index in [1.165, 1.54) is 0 Å². The van der Waals surface area contributed by atoms with Crippen molar-refractivity contribution >= 4 is 26.0 Å². The minimum absolute atomic E-state index is 0.105. The van der Waals surface area contributed by atoms with Gasteiger partial charge in [0.25, 0.3) is 10.0 Å². The van der Waals surface area contributed by atoms with Crippen LogP contribution >= 0.6 is 15.9 Å².